The number of fused-ring (bicyclic) bond motifs is 1. The van der Waals surface area contributed by atoms with Crippen molar-refractivity contribution in [3.63, 3.8) is 0 Å². The van der Waals surface area contributed by atoms with Gasteiger partial charge in [0.1, 0.15) is 14.3 Å². The van der Waals surface area contributed by atoms with Gasteiger partial charge in [0.15, 0.2) is 0 Å². The average Bonchev–Trinajstić information content (AvgIpc) is 3.29. The van der Waals surface area contributed by atoms with Crippen molar-refractivity contribution in [1.82, 2.24) is 15.2 Å². The summed E-state index contributed by atoms with van der Waals surface area (Å²) in [5.41, 5.74) is 4.13. The number of hydrogen-bond donors (Lipinski definition) is 1. The fourth-order valence-corrected chi connectivity index (χ4v) is 7.52. The maximum absolute atomic E-state index is 14.3. The molecule has 0 atom stereocenters. The van der Waals surface area contributed by atoms with Gasteiger partial charge in [0.05, 0.1) is 11.6 Å². The second-order valence-electron chi connectivity index (χ2n) is 9.99. The summed E-state index contributed by atoms with van der Waals surface area (Å²) < 4.78 is 8.07. The zero-order valence-electron chi connectivity index (χ0n) is 22.5. The zero-order valence-corrected chi connectivity index (χ0v) is 26.2. The van der Waals surface area contributed by atoms with Crippen molar-refractivity contribution < 1.29 is 9.53 Å². The minimum absolute atomic E-state index is 0.00549. The first-order chi connectivity index (χ1) is 18.9. The first kappa shape index (κ1) is 28.3. The van der Waals surface area contributed by atoms with Gasteiger partial charge in [-0.25, -0.2) is 4.98 Å². The lowest BCUT2D eigenvalue weighted by atomic mass is 9.89. The molecule has 1 saturated carbocycles. The maximum Gasteiger partial charge on any atom is 0.266 e. The smallest absolute Gasteiger partial charge is 0.266 e. The molecule has 0 saturated heterocycles. The van der Waals surface area contributed by atoms with Gasteiger partial charge in [-0.05, 0) is 105 Å². The fourth-order valence-electron chi connectivity index (χ4n) is 5.51. The van der Waals surface area contributed by atoms with E-state index in [0.29, 0.717) is 29.1 Å². The summed E-state index contributed by atoms with van der Waals surface area (Å²) in [7, 11) is 2.02. The molecule has 0 unspecified atom stereocenters. The third-order valence-corrected chi connectivity index (χ3v) is 9.86. The van der Waals surface area contributed by atoms with Gasteiger partial charge in [-0.2, -0.15) is 0 Å². The third-order valence-electron chi connectivity index (χ3n) is 7.60. The van der Waals surface area contributed by atoms with Crippen LogP contribution in [0.15, 0.2) is 54.6 Å². The molecule has 1 amide bonds. The quantitative estimate of drug-likeness (QED) is 0.152. The number of hydrogen-bond acceptors (Lipinski definition) is 5. The summed E-state index contributed by atoms with van der Waals surface area (Å²) in [6.45, 7) is 5.04. The van der Waals surface area contributed by atoms with Crippen LogP contribution in [0.1, 0.15) is 53.5 Å². The van der Waals surface area contributed by atoms with Crippen molar-refractivity contribution in [3.8, 4) is 16.9 Å². The van der Waals surface area contributed by atoms with E-state index in [2.05, 4.69) is 51.1 Å². The van der Waals surface area contributed by atoms with Crippen molar-refractivity contribution in [1.29, 1.82) is 0 Å². The van der Waals surface area contributed by atoms with E-state index in [-0.39, 0.29) is 11.9 Å². The Morgan fingerprint density at radius 1 is 1.15 bits per heavy atom. The molecule has 2 heterocycles. The van der Waals surface area contributed by atoms with Crippen LogP contribution < -0.4 is 10.1 Å². The standard InChI is InChI=1S/C31H33ClIN3O2S/c1-4-38-26-15-9-20(24-14-16-28(33)35-19(24)2)17-21(26)18-36(23-12-10-22(34-3)11-13-23)31(37)30-29(32)25-7-5-6-8-27(25)39-30/h5-9,14-17,22-23,34H,4,10-13,18H2,1-3H3/t22-,23-. The van der Waals surface area contributed by atoms with Crippen LogP contribution in [-0.4, -0.2) is 41.5 Å². The van der Waals surface area contributed by atoms with E-state index in [1.807, 2.05) is 62.2 Å². The number of pyridine rings is 1. The summed E-state index contributed by atoms with van der Waals surface area (Å²) in [6, 6.07) is 19.0. The van der Waals surface area contributed by atoms with Gasteiger partial charge in [0, 0.05) is 45.5 Å². The second-order valence-corrected chi connectivity index (χ2v) is 12.5. The highest BCUT2D eigenvalue weighted by atomic mass is 127. The van der Waals surface area contributed by atoms with Crippen LogP contribution in [0.4, 0.5) is 0 Å². The molecule has 1 fully saturated rings. The van der Waals surface area contributed by atoms with Crippen LogP contribution in [0.5, 0.6) is 5.75 Å². The van der Waals surface area contributed by atoms with E-state index < -0.39 is 0 Å². The average molecular weight is 674 g/mol. The molecule has 4 aromatic rings. The van der Waals surface area contributed by atoms with E-state index in [9.17, 15) is 4.79 Å². The predicted octanol–water partition coefficient (Wildman–Crippen LogP) is 8.10. The summed E-state index contributed by atoms with van der Waals surface area (Å²) in [5.74, 6) is 0.801. The highest BCUT2D eigenvalue weighted by molar-refractivity contribution is 14.1. The number of aromatic nitrogens is 1. The monoisotopic (exact) mass is 673 g/mol. The Bertz CT molecular complexity index is 1480. The van der Waals surface area contributed by atoms with Gasteiger partial charge in [-0.15, -0.1) is 11.3 Å². The van der Waals surface area contributed by atoms with E-state index in [1.165, 1.54) is 11.3 Å². The number of rotatable bonds is 8. The molecular weight excluding hydrogens is 641 g/mol. The van der Waals surface area contributed by atoms with Crippen LogP contribution in [0.3, 0.4) is 0 Å². The molecule has 0 spiro atoms. The first-order valence-electron chi connectivity index (χ1n) is 13.4. The predicted molar refractivity (Wildman–Crippen MR) is 170 cm³/mol. The maximum atomic E-state index is 14.3. The lowest BCUT2D eigenvalue weighted by Crippen LogP contribution is -2.44. The number of nitrogens with zero attached hydrogens (tertiary/aromatic N) is 2. The highest BCUT2D eigenvalue weighted by Crippen LogP contribution is 2.38. The van der Waals surface area contributed by atoms with Crippen molar-refractivity contribution in [2.45, 2.75) is 58.2 Å². The van der Waals surface area contributed by atoms with Crippen LogP contribution in [-0.2, 0) is 6.54 Å². The third kappa shape index (κ3) is 6.11. The highest BCUT2D eigenvalue weighted by Gasteiger charge is 2.32. The number of amides is 1. The number of ether oxygens (including phenoxy) is 1. The van der Waals surface area contributed by atoms with E-state index >= 15 is 0 Å². The molecule has 204 valence electrons. The summed E-state index contributed by atoms with van der Waals surface area (Å²) >= 11 is 10.5. The van der Waals surface area contributed by atoms with E-state index in [0.717, 1.165) is 67.6 Å². The summed E-state index contributed by atoms with van der Waals surface area (Å²) in [4.78, 5) is 21.6. The molecule has 0 radical (unpaired) electrons. The summed E-state index contributed by atoms with van der Waals surface area (Å²) in [6.07, 6.45) is 3.97. The largest absolute Gasteiger partial charge is 0.494 e. The Labute approximate surface area is 253 Å². The molecule has 1 aliphatic carbocycles. The minimum atomic E-state index is -0.00549. The van der Waals surface area contributed by atoms with Gasteiger partial charge in [-0.3, -0.25) is 4.79 Å². The number of carbonyl (C=O) groups is 1. The summed E-state index contributed by atoms with van der Waals surface area (Å²) in [5, 5.41) is 4.90. The van der Waals surface area contributed by atoms with E-state index in [4.69, 9.17) is 16.3 Å². The normalized spacial score (nSPS) is 17.4. The number of carbonyl (C=O) groups excluding carboxylic acids is 1. The second kappa shape index (κ2) is 12.5. The molecule has 0 bridgehead atoms. The Morgan fingerprint density at radius 3 is 2.62 bits per heavy atom. The van der Waals surface area contributed by atoms with Crippen LogP contribution >= 0.6 is 45.5 Å². The van der Waals surface area contributed by atoms with Crippen molar-refractivity contribution in [2.24, 2.45) is 0 Å². The molecule has 5 rings (SSSR count). The van der Waals surface area contributed by atoms with Crippen molar-refractivity contribution in [3.05, 3.63) is 79.5 Å². The number of nitrogens with one attached hydrogen (secondary N) is 1. The van der Waals surface area contributed by atoms with Crippen molar-refractivity contribution >= 4 is 61.5 Å². The first-order valence-corrected chi connectivity index (χ1v) is 15.7. The number of thiophene rings is 1. The van der Waals surface area contributed by atoms with Gasteiger partial charge in [-0.1, -0.05) is 35.9 Å². The number of benzene rings is 2. The lowest BCUT2D eigenvalue weighted by Gasteiger charge is -2.37. The molecule has 5 nitrogen and oxygen atoms in total. The molecule has 2 aromatic carbocycles. The van der Waals surface area contributed by atoms with Crippen LogP contribution in [0.2, 0.25) is 5.02 Å². The van der Waals surface area contributed by atoms with Gasteiger partial charge >= 0.3 is 0 Å². The van der Waals surface area contributed by atoms with Crippen LogP contribution in [0.25, 0.3) is 21.2 Å². The Hall–Kier alpha value is -2.20. The molecule has 2 aromatic heterocycles. The fraction of sp³-hybridized carbons (Fsp3) is 0.355. The molecule has 39 heavy (non-hydrogen) atoms. The topological polar surface area (TPSA) is 54.5 Å². The van der Waals surface area contributed by atoms with Gasteiger partial charge < -0.3 is 15.0 Å². The van der Waals surface area contributed by atoms with Crippen LogP contribution in [0, 0.1) is 10.6 Å². The van der Waals surface area contributed by atoms with Crippen molar-refractivity contribution in [2.75, 3.05) is 13.7 Å². The zero-order chi connectivity index (χ0) is 27.5. The number of aryl methyl sites for hydroxylation is 1. The molecule has 1 aliphatic rings. The molecule has 1 N–H and O–H groups in total. The van der Waals surface area contributed by atoms with Gasteiger partial charge in [0.2, 0.25) is 0 Å². The Balaban J connectivity index is 1.55. The Kier molecular flexibility index (Phi) is 9.11. The van der Waals surface area contributed by atoms with Gasteiger partial charge in [0.25, 0.3) is 5.91 Å². The molecule has 8 heteroatoms. The molecular formula is C31H33ClIN3O2S. The SMILES string of the molecule is CCOc1ccc(-c2ccc(I)nc2C)cc1CN(C(=O)c1sc2ccccc2c1Cl)[C@H]1CC[C@H](NC)CC1. The lowest BCUT2D eigenvalue weighted by molar-refractivity contribution is 0.0604. The van der Waals surface area contributed by atoms with E-state index in [1.54, 1.807) is 0 Å². The molecule has 0 aliphatic heterocycles. The minimum Gasteiger partial charge on any atom is -0.494 e. The Morgan fingerprint density at radius 2 is 1.92 bits per heavy atom. The number of halogens is 2.